The van der Waals surface area contributed by atoms with E-state index in [9.17, 15) is 43.0 Å². The third-order valence-electron chi connectivity index (χ3n) is 22.6. The van der Waals surface area contributed by atoms with Gasteiger partial charge in [-0.3, -0.25) is 53.3 Å². The van der Waals surface area contributed by atoms with Crippen molar-refractivity contribution in [3.8, 4) is 17.2 Å². The molecule has 648 valence electrons. The van der Waals surface area contributed by atoms with Gasteiger partial charge in [-0.1, -0.05) is 161 Å². The lowest BCUT2D eigenvalue weighted by Gasteiger charge is -2.37. The van der Waals surface area contributed by atoms with Crippen molar-refractivity contribution < 1.29 is 81.2 Å². The van der Waals surface area contributed by atoms with Gasteiger partial charge in [0, 0.05) is 45.3 Å². The van der Waals surface area contributed by atoms with E-state index in [0.29, 0.717) is 22.3 Å². The Balaban J connectivity index is 0.905. The second-order valence-electron chi connectivity index (χ2n) is 33.7. The summed E-state index contributed by atoms with van der Waals surface area (Å²) in [7, 11) is 3.17. The Kier molecular flexibility index (Phi) is 28.1. The molecule has 7 aromatic carbocycles. The number of hydrogen-bond donors (Lipinski definition) is 11. The van der Waals surface area contributed by atoms with E-state index in [4.69, 9.17) is 9.47 Å². The van der Waals surface area contributed by atoms with E-state index in [1.165, 1.54) is 31.6 Å². The molecule has 11 N–H and O–H groups in total. The number of aliphatic carboxylic acids is 1. The number of phenols is 1. The topological polar surface area (TPSA) is 423 Å². The number of likely N-dealkylation sites (tertiary alicyclic amines) is 2. The van der Waals surface area contributed by atoms with Crippen LogP contribution in [-0.2, 0) is 98.2 Å². The number of phenolic OH excluding ortho intramolecular Hbond substituents is 1. The van der Waals surface area contributed by atoms with E-state index in [-0.39, 0.29) is 93.3 Å². The monoisotopic (exact) mass is 1690 g/mol. The summed E-state index contributed by atoms with van der Waals surface area (Å²) in [6.45, 7) is 12.7. The fraction of sp³-hybridized carbons (Fsp3) is 0.404. The van der Waals surface area contributed by atoms with E-state index >= 15 is 28.8 Å². The summed E-state index contributed by atoms with van der Waals surface area (Å²) < 4.78 is 44.8. The van der Waals surface area contributed by atoms with Crippen molar-refractivity contribution in [1.82, 2.24) is 87.6 Å². The van der Waals surface area contributed by atoms with Crippen LogP contribution in [0.1, 0.15) is 126 Å². The Labute approximate surface area is 708 Å². The Morgan fingerprint density at radius 2 is 0.984 bits per heavy atom. The molecule has 12 atom stereocenters. The van der Waals surface area contributed by atoms with Gasteiger partial charge in [-0.2, -0.15) is 0 Å². The number of imide groups is 1. The van der Waals surface area contributed by atoms with Crippen molar-refractivity contribution in [3.05, 3.63) is 209 Å². The zero-order valence-corrected chi connectivity index (χ0v) is 70.0. The second kappa shape index (κ2) is 38.7. The number of halogens is 2. The molecule has 8 bridgehead atoms. The molecule has 32 nitrogen and oxygen atoms in total. The molecule has 6 aliphatic rings. The zero-order valence-electron chi connectivity index (χ0n) is 70.0. The maximum Gasteiger partial charge on any atom is 0.326 e. The van der Waals surface area contributed by atoms with Crippen LogP contribution in [0.4, 0.5) is 8.78 Å². The number of carboxylic acid groups (broad SMARTS) is 1. The van der Waals surface area contributed by atoms with Crippen LogP contribution in [0.3, 0.4) is 0 Å². The Bertz CT molecular complexity index is 5400. The first-order valence-corrected chi connectivity index (χ1v) is 40.8. The van der Waals surface area contributed by atoms with Crippen molar-refractivity contribution in [1.29, 1.82) is 0 Å². The lowest BCUT2D eigenvalue weighted by Crippen LogP contribution is -2.61. The standard InChI is InChI=1S/C89H103F2N17O15/c1-49(92-9)78(111)99-76(88(3,4)5)85(118)105-33-31-70-73(105)83(116)96-68(42-54-20-26-57-16-12-14-18-59(57)36-54)82(115)97-69(87(120)121)41-52-23-29-64(30-24-52)123-48-62-46-108(104-102-62)71-32-34-106(86(119)77(89(6,7)8)100-79(112)50(2)93-10)74(71)84(117)98-72(109)43-60(37-53-19-25-56-15-11-13-17-58(56)35-53)80(113)95-67(81(114)94-44-55-38-65(90)75(110)66(91)39-55)40-51-21-27-63(28-22-51)122-47-61-45-107(70)103-101-61/h11-30,35-36,38-39,45-46,49-50,60,67-71,73-74,76-77,92-93,110H,31-34,37,40-44,47-48H2,1-10H3,(H,94,114)(H,95,113)(H,96,116)(H,97,115)(H,99,111)(H,100,112)(H,120,121)(H,98,109,117)/t49-,50-,60+,67-,68-,69-,70+,71+,73-,74-,76+,77+/m0/s1. The number of carbonyl (C=O) groups is 11. The number of carbonyl (C=O) groups excluding carboxylic acids is 10. The van der Waals surface area contributed by atoms with Gasteiger partial charge in [0.05, 0.1) is 42.5 Å². The van der Waals surface area contributed by atoms with Crippen molar-refractivity contribution in [2.75, 3.05) is 27.2 Å². The normalized spacial score (nSPS) is 20.8. The third-order valence-corrected chi connectivity index (χ3v) is 22.6. The molecule has 123 heavy (non-hydrogen) atoms. The number of benzene rings is 7. The number of aromatic nitrogens is 6. The highest BCUT2D eigenvalue weighted by Crippen LogP contribution is 2.36. The number of amides is 10. The quantitative estimate of drug-likeness (QED) is 0.0519. The molecular weight excluding hydrogens is 1590 g/mol. The molecule has 2 aromatic heterocycles. The predicted molar refractivity (Wildman–Crippen MR) is 447 cm³/mol. The highest BCUT2D eigenvalue weighted by Gasteiger charge is 2.51. The van der Waals surface area contributed by atoms with Gasteiger partial charge in [-0.05, 0) is 144 Å². The molecule has 0 unspecified atom stereocenters. The van der Waals surface area contributed by atoms with Crippen LogP contribution in [0, 0.1) is 28.4 Å². The Morgan fingerprint density at radius 1 is 0.537 bits per heavy atom. The van der Waals surface area contributed by atoms with Gasteiger partial charge in [-0.25, -0.2) is 22.9 Å². The maximum absolute atomic E-state index is 15.7. The average Bonchev–Trinajstić information content (AvgIpc) is 1.64. The van der Waals surface area contributed by atoms with E-state index in [1.807, 2.05) is 72.8 Å². The highest BCUT2D eigenvalue weighted by molar-refractivity contribution is 6.03. The van der Waals surface area contributed by atoms with Gasteiger partial charge in [0.1, 0.15) is 78.4 Å². The van der Waals surface area contributed by atoms with Crippen LogP contribution in [0.15, 0.2) is 158 Å². The van der Waals surface area contributed by atoms with Gasteiger partial charge in [0.2, 0.25) is 53.2 Å². The lowest BCUT2D eigenvalue weighted by atomic mass is 9.85. The number of ether oxygens (including phenoxy) is 2. The first-order chi connectivity index (χ1) is 58.6. The molecule has 10 amide bonds. The summed E-state index contributed by atoms with van der Waals surface area (Å²) in [5.74, 6) is -13.6. The molecule has 15 rings (SSSR count). The number of likely N-dealkylation sites (N-methyl/N-ethyl adjacent to an activating group) is 2. The number of rotatable bonds is 16. The Hall–Kier alpha value is -13.1. The molecule has 2 fully saturated rings. The van der Waals surface area contributed by atoms with Crippen LogP contribution >= 0.6 is 0 Å². The number of nitrogens with zero attached hydrogens (tertiary/aromatic N) is 8. The van der Waals surface area contributed by atoms with E-state index < -0.39 is 179 Å². The number of fused-ring (bicyclic) bond motifs is 2. The van der Waals surface area contributed by atoms with Gasteiger partial charge in [0.25, 0.3) is 5.91 Å². The van der Waals surface area contributed by atoms with E-state index in [1.54, 1.807) is 130 Å². The summed E-state index contributed by atoms with van der Waals surface area (Å²) in [6, 6.07) is 26.9. The van der Waals surface area contributed by atoms with Crippen molar-refractivity contribution >= 4 is 86.6 Å². The minimum absolute atomic E-state index is 0.0436. The molecule has 2 saturated heterocycles. The first-order valence-electron chi connectivity index (χ1n) is 40.8. The summed E-state index contributed by atoms with van der Waals surface area (Å²) in [5, 5.41) is 66.8. The SMILES string of the molecule is CN[C@@H](C)C(=O)N[C@H](C(=O)N1CC[C@@H]2[C@H]1C(=O)NC(=O)C[C@@H](Cc1ccc3ccccc3c1)C(=O)N[C@H](C(=O)NCc1cc(F)c(O)c(F)c1)Cc1ccc(cc1)OCc1cn(nn1)[C@@H]1CCN(C(=O)[C@@H](NC(=O)[C@H](C)NC)C(C)(C)C)[C@@H]1C(=O)N[C@@H](Cc1ccc3ccccc3c1)C(=O)N[C@H](C(=O)O)Cc1ccc(cc1)OCc1cn2nn1)C(C)(C)C. The van der Waals surface area contributed by atoms with Gasteiger partial charge < -0.3 is 72.0 Å². The molecule has 34 heteroatoms. The number of hydrogen-bond acceptors (Lipinski definition) is 20. The van der Waals surface area contributed by atoms with Crippen molar-refractivity contribution in [2.45, 2.75) is 187 Å². The molecule has 9 aromatic rings. The molecule has 0 radical (unpaired) electrons. The first kappa shape index (κ1) is 89.2. The van der Waals surface area contributed by atoms with Crippen LogP contribution in [0.5, 0.6) is 17.2 Å². The number of aromatic hydroxyl groups is 1. The van der Waals surface area contributed by atoms with Crippen LogP contribution in [0.25, 0.3) is 21.5 Å². The minimum Gasteiger partial charge on any atom is -0.503 e. The largest absolute Gasteiger partial charge is 0.503 e. The van der Waals surface area contributed by atoms with E-state index in [2.05, 4.69) is 68.5 Å². The van der Waals surface area contributed by atoms with Crippen LogP contribution < -0.4 is 57.3 Å². The zero-order chi connectivity index (χ0) is 88.3. The smallest absolute Gasteiger partial charge is 0.326 e. The van der Waals surface area contributed by atoms with Gasteiger partial charge in [0.15, 0.2) is 17.4 Å². The van der Waals surface area contributed by atoms with Gasteiger partial charge >= 0.3 is 5.97 Å². The molecular formula is C89H103F2N17O15. The predicted octanol–water partition coefficient (Wildman–Crippen LogP) is 5.67. The van der Waals surface area contributed by atoms with E-state index in [0.717, 1.165) is 33.7 Å². The molecule has 0 aliphatic carbocycles. The second-order valence-corrected chi connectivity index (χ2v) is 33.7. The average molecular weight is 1690 g/mol. The molecule has 0 spiro atoms. The Morgan fingerprint density at radius 3 is 1.45 bits per heavy atom. The number of nitrogens with one attached hydrogen (secondary N) is 9. The summed E-state index contributed by atoms with van der Waals surface area (Å²) in [4.78, 5) is 165. The van der Waals surface area contributed by atoms with Gasteiger partial charge in [-0.15, -0.1) is 10.2 Å². The lowest BCUT2D eigenvalue weighted by molar-refractivity contribution is -0.146. The van der Waals surface area contributed by atoms with Crippen LogP contribution in [0.2, 0.25) is 0 Å². The summed E-state index contributed by atoms with van der Waals surface area (Å²) in [6.07, 6.45) is 1.75. The molecule has 6 aliphatic heterocycles. The summed E-state index contributed by atoms with van der Waals surface area (Å²) in [5.41, 5.74) is 0.591. The summed E-state index contributed by atoms with van der Waals surface area (Å²) >= 11 is 0. The maximum atomic E-state index is 15.7. The fourth-order valence-corrected chi connectivity index (χ4v) is 15.4. The van der Waals surface area contributed by atoms with Crippen molar-refractivity contribution in [2.24, 2.45) is 16.7 Å². The third kappa shape index (κ3) is 22.0. The highest BCUT2D eigenvalue weighted by atomic mass is 19.1. The molecule has 0 saturated carbocycles. The number of carboxylic acids is 1. The minimum atomic E-state index is -1.58. The fourth-order valence-electron chi connectivity index (χ4n) is 15.4. The van der Waals surface area contributed by atoms with Crippen LogP contribution in [-0.4, -0.2) is 197 Å². The van der Waals surface area contributed by atoms with Crippen molar-refractivity contribution in [3.63, 3.8) is 0 Å². The molecule has 8 heterocycles.